The van der Waals surface area contributed by atoms with Gasteiger partial charge in [-0.05, 0) is 0 Å². The molecular weight excluding hydrogens is 98.9 g/mol. The standard InChI is InChI=1S/CH3.Mn.2O/h1H3;;;/q-1;;2*-2. The first kappa shape index (κ1) is 272. The van der Waals surface area contributed by atoms with Crippen LogP contribution < -0.4 is 0 Å². The van der Waals surface area contributed by atoms with E-state index in [4.69, 9.17) is 0 Å². The Balaban J connectivity index is 0. The maximum Gasteiger partial charge on any atom is 0 e. The molecule has 0 fully saturated rings. The average molecular weight is 102 g/mol. The van der Waals surface area contributed by atoms with E-state index in [1.165, 1.54) is 0 Å². The number of hydrogen-bond acceptors (Lipinski definition) is 0. The first-order chi connectivity index (χ1) is 0. The third-order valence-electron chi connectivity index (χ3n) is 0. The van der Waals surface area contributed by atoms with E-state index in [-0.39, 0.29) is 35.4 Å². The molecule has 0 amide bonds. The average Bonchev–Trinajstić information content (AvgIpc) is 0. The van der Waals surface area contributed by atoms with E-state index in [9.17, 15) is 0 Å². The van der Waals surface area contributed by atoms with Gasteiger partial charge < -0.3 is 18.4 Å². The smallest absolute Gasteiger partial charge is 0 e. The zero-order chi connectivity index (χ0) is 0. The van der Waals surface area contributed by atoms with Gasteiger partial charge in [0.25, 0.3) is 0 Å². The molecule has 0 aromatic rings. The van der Waals surface area contributed by atoms with Gasteiger partial charge in [0, 0.05) is 17.1 Å². The Morgan fingerprint density at radius 3 is 0.750 bits per heavy atom. The molecule has 0 aromatic carbocycles. The molecule has 0 N–H and O–H groups in total. The van der Waals surface area contributed by atoms with Crippen molar-refractivity contribution >= 4 is 0 Å². The van der Waals surface area contributed by atoms with Gasteiger partial charge in [-0.1, -0.05) is 0 Å². The van der Waals surface area contributed by atoms with Crippen LogP contribution in [0.1, 0.15) is 0 Å². The van der Waals surface area contributed by atoms with Crippen LogP contribution in [0.3, 0.4) is 0 Å². The van der Waals surface area contributed by atoms with Gasteiger partial charge >= 0.3 is 0 Å². The normalized spacial score (nSPS) is 0. The van der Waals surface area contributed by atoms with E-state index >= 15 is 0 Å². The van der Waals surface area contributed by atoms with Gasteiger partial charge in [0.15, 0.2) is 0 Å². The summed E-state index contributed by atoms with van der Waals surface area (Å²) < 4.78 is 0. The Morgan fingerprint density at radius 2 is 0.750 bits per heavy atom. The van der Waals surface area contributed by atoms with Crippen LogP contribution in [0.15, 0.2) is 0 Å². The Labute approximate surface area is 36.3 Å². The fraction of sp³-hybridized carbons (Fsp3) is 0. The molecule has 0 rings (SSSR count). The zero-order valence-corrected chi connectivity index (χ0v) is 3.37. The van der Waals surface area contributed by atoms with Crippen molar-refractivity contribution in [3.63, 3.8) is 0 Å². The van der Waals surface area contributed by atoms with Gasteiger partial charge in [-0.3, -0.25) is 0 Å². The van der Waals surface area contributed by atoms with Crippen LogP contribution in [0.25, 0.3) is 0 Å². The van der Waals surface area contributed by atoms with Crippen molar-refractivity contribution in [1.29, 1.82) is 0 Å². The van der Waals surface area contributed by atoms with Gasteiger partial charge in [0.1, 0.15) is 0 Å². The van der Waals surface area contributed by atoms with Crippen molar-refractivity contribution in [3.05, 3.63) is 7.43 Å². The fourth-order valence-electron chi connectivity index (χ4n) is 0. The van der Waals surface area contributed by atoms with Crippen molar-refractivity contribution in [2.45, 2.75) is 0 Å². The molecule has 3 heteroatoms. The molecule has 4 heavy (non-hydrogen) atoms. The van der Waals surface area contributed by atoms with Crippen LogP contribution >= 0.6 is 0 Å². The van der Waals surface area contributed by atoms with Crippen molar-refractivity contribution in [2.75, 3.05) is 0 Å². The Kier molecular flexibility index (Phi) is 7200. The summed E-state index contributed by atoms with van der Waals surface area (Å²) in [5.41, 5.74) is 0. The second-order valence-electron chi connectivity index (χ2n) is 0. The molecule has 0 bridgehead atoms. The Bertz CT molecular complexity index is 6.00. The van der Waals surface area contributed by atoms with E-state index in [1.807, 2.05) is 0 Å². The molecule has 0 unspecified atom stereocenters. The summed E-state index contributed by atoms with van der Waals surface area (Å²) in [5.74, 6) is 0. The maximum absolute atomic E-state index is 0. The number of rotatable bonds is 0. The fourth-order valence-corrected chi connectivity index (χ4v) is 0. The van der Waals surface area contributed by atoms with E-state index in [0.717, 1.165) is 0 Å². The van der Waals surface area contributed by atoms with Crippen LogP contribution in [-0.2, 0) is 28.0 Å². The molecule has 0 heterocycles. The summed E-state index contributed by atoms with van der Waals surface area (Å²) in [4.78, 5) is 0. The van der Waals surface area contributed by atoms with Crippen LogP contribution in [0.4, 0.5) is 0 Å². The minimum absolute atomic E-state index is 0. The third-order valence-corrected chi connectivity index (χ3v) is 0. The summed E-state index contributed by atoms with van der Waals surface area (Å²) >= 11 is 0. The molecule has 0 atom stereocenters. The van der Waals surface area contributed by atoms with E-state index in [1.54, 1.807) is 0 Å². The van der Waals surface area contributed by atoms with Gasteiger partial charge in [-0.15, -0.1) is 0 Å². The molecule has 0 aromatic heterocycles. The molecule has 0 aliphatic rings. The summed E-state index contributed by atoms with van der Waals surface area (Å²) in [6.45, 7) is 0. The van der Waals surface area contributed by atoms with Crippen molar-refractivity contribution in [1.82, 2.24) is 0 Å². The monoisotopic (exact) mass is 102 g/mol. The van der Waals surface area contributed by atoms with Crippen molar-refractivity contribution in [3.8, 4) is 0 Å². The van der Waals surface area contributed by atoms with Crippen molar-refractivity contribution < 1.29 is 28.0 Å². The topological polar surface area (TPSA) is 57.0 Å². The Morgan fingerprint density at radius 1 is 0.750 bits per heavy atom. The maximum atomic E-state index is 0. The summed E-state index contributed by atoms with van der Waals surface area (Å²) in [5, 5.41) is 0. The summed E-state index contributed by atoms with van der Waals surface area (Å²) in [6.07, 6.45) is 0. The molecule has 0 aliphatic heterocycles. The first-order valence-corrected chi connectivity index (χ1v) is 0. The van der Waals surface area contributed by atoms with Gasteiger partial charge in [0.2, 0.25) is 0 Å². The molecule has 0 saturated heterocycles. The molecule has 31 valence electrons. The second kappa shape index (κ2) is 106. The van der Waals surface area contributed by atoms with Gasteiger partial charge in [0.05, 0.1) is 0 Å². The molecule has 0 saturated carbocycles. The molecule has 0 spiro atoms. The first-order valence-electron chi connectivity index (χ1n) is 0. The predicted molar refractivity (Wildman–Crippen MR) is 7.79 cm³/mol. The molecule has 0 aliphatic carbocycles. The van der Waals surface area contributed by atoms with Crippen LogP contribution in [-0.4, -0.2) is 0 Å². The van der Waals surface area contributed by atoms with Crippen LogP contribution in [0.5, 0.6) is 0 Å². The van der Waals surface area contributed by atoms with Crippen molar-refractivity contribution in [2.24, 2.45) is 0 Å². The summed E-state index contributed by atoms with van der Waals surface area (Å²) in [6, 6.07) is 0. The SMILES string of the molecule is [CH3-].[Mn].[O-2].[O-2]. The molecule has 1 radical (unpaired) electrons. The van der Waals surface area contributed by atoms with Crippen LogP contribution in [0, 0.1) is 7.43 Å². The van der Waals surface area contributed by atoms with E-state index in [2.05, 4.69) is 0 Å². The summed E-state index contributed by atoms with van der Waals surface area (Å²) in [7, 11) is 0. The predicted octanol–water partition coefficient (Wildman–Crippen LogP) is 0.210. The molecular formula is CH3MnO2-5. The zero-order valence-electron chi connectivity index (χ0n) is 2.19. The van der Waals surface area contributed by atoms with Gasteiger partial charge in [-0.25, -0.2) is 0 Å². The third kappa shape index (κ3) is 26.2. The van der Waals surface area contributed by atoms with E-state index < -0.39 is 0 Å². The Hall–Kier alpha value is 0.439. The largest absolute Gasteiger partial charge is 2.00 e. The van der Waals surface area contributed by atoms with Gasteiger partial charge in [-0.2, -0.15) is 0 Å². The second-order valence-corrected chi connectivity index (χ2v) is 0. The van der Waals surface area contributed by atoms with Crippen LogP contribution in [0.2, 0.25) is 0 Å². The minimum atomic E-state index is 0. The number of hydrogen-bond donors (Lipinski definition) is 0. The molecule has 2 nitrogen and oxygen atoms in total. The quantitative estimate of drug-likeness (QED) is 0.310. The minimum Gasteiger partial charge on any atom is -2.00 e. The van der Waals surface area contributed by atoms with E-state index in [0.29, 0.717) is 0 Å².